The molecule has 0 atom stereocenters. The summed E-state index contributed by atoms with van der Waals surface area (Å²) in [5, 5.41) is 7.65. The number of nitrogens with one attached hydrogen (secondary N) is 1. The Balaban J connectivity index is 1.79. The SMILES string of the molecule is CCc1ccccc1NC(=O)Cn1ncnc1-c1ccccc1Cl. The second-order valence-corrected chi connectivity index (χ2v) is 5.69. The first-order valence-corrected chi connectivity index (χ1v) is 8.07. The van der Waals surface area contributed by atoms with Gasteiger partial charge in [0.1, 0.15) is 12.9 Å². The van der Waals surface area contributed by atoms with E-state index in [1.165, 1.54) is 6.33 Å². The van der Waals surface area contributed by atoms with E-state index in [1.54, 1.807) is 10.7 Å². The van der Waals surface area contributed by atoms with Crippen molar-refractivity contribution in [2.45, 2.75) is 19.9 Å². The average molecular weight is 341 g/mol. The van der Waals surface area contributed by atoms with E-state index in [0.717, 1.165) is 23.2 Å². The Morgan fingerprint density at radius 1 is 1.17 bits per heavy atom. The van der Waals surface area contributed by atoms with E-state index in [0.29, 0.717) is 10.8 Å². The number of aryl methyl sites for hydroxylation is 1. The smallest absolute Gasteiger partial charge is 0.246 e. The molecular formula is C18H17ClN4O. The van der Waals surface area contributed by atoms with Crippen LogP contribution in [0.2, 0.25) is 5.02 Å². The molecule has 2 aromatic carbocycles. The molecule has 3 rings (SSSR count). The molecule has 122 valence electrons. The number of halogens is 1. The van der Waals surface area contributed by atoms with E-state index >= 15 is 0 Å². The fourth-order valence-electron chi connectivity index (χ4n) is 2.51. The lowest BCUT2D eigenvalue weighted by Crippen LogP contribution is -2.20. The van der Waals surface area contributed by atoms with Crippen LogP contribution < -0.4 is 5.32 Å². The van der Waals surface area contributed by atoms with Crippen molar-refractivity contribution in [3.05, 3.63) is 65.4 Å². The molecule has 5 nitrogen and oxygen atoms in total. The highest BCUT2D eigenvalue weighted by atomic mass is 35.5. The first-order valence-electron chi connectivity index (χ1n) is 7.69. The van der Waals surface area contributed by atoms with Gasteiger partial charge in [-0.05, 0) is 30.2 Å². The van der Waals surface area contributed by atoms with Gasteiger partial charge in [0.15, 0.2) is 5.82 Å². The van der Waals surface area contributed by atoms with Crippen molar-refractivity contribution in [2.75, 3.05) is 5.32 Å². The Morgan fingerprint density at radius 3 is 2.71 bits per heavy atom. The van der Waals surface area contributed by atoms with Crippen molar-refractivity contribution >= 4 is 23.2 Å². The predicted molar refractivity (Wildman–Crippen MR) is 94.9 cm³/mol. The molecule has 1 heterocycles. The van der Waals surface area contributed by atoms with E-state index in [1.807, 2.05) is 42.5 Å². The maximum Gasteiger partial charge on any atom is 0.246 e. The summed E-state index contributed by atoms with van der Waals surface area (Å²) in [5.41, 5.74) is 2.67. The van der Waals surface area contributed by atoms with Gasteiger partial charge in [0.25, 0.3) is 0 Å². The minimum absolute atomic E-state index is 0.0681. The number of rotatable bonds is 5. The standard InChI is InChI=1S/C18H17ClN4O/c1-2-13-7-3-6-10-16(13)22-17(24)11-23-18(20-12-21-23)14-8-4-5-9-15(14)19/h3-10,12H,2,11H2,1H3,(H,22,24). The molecule has 0 bridgehead atoms. The topological polar surface area (TPSA) is 59.8 Å². The molecule has 0 aliphatic carbocycles. The summed E-state index contributed by atoms with van der Waals surface area (Å²) in [6, 6.07) is 15.1. The summed E-state index contributed by atoms with van der Waals surface area (Å²) < 4.78 is 1.55. The van der Waals surface area contributed by atoms with Gasteiger partial charge in [0, 0.05) is 11.3 Å². The Hall–Kier alpha value is -2.66. The molecule has 1 N–H and O–H groups in total. The van der Waals surface area contributed by atoms with Gasteiger partial charge in [-0.2, -0.15) is 5.10 Å². The van der Waals surface area contributed by atoms with Crippen LogP contribution in [0.3, 0.4) is 0 Å². The van der Waals surface area contributed by atoms with Gasteiger partial charge in [-0.25, -0.2) is 9.67 Å². The molecule has 24 heavy (non-hydrogen) atoms. The van der Waals surface area contributed by atoms with Gasteiger partial charge in [-0.3, -0.25) is 4.79 Å². The number of anilines is 1. The van der Waals surface area contributed by atoms with Crippen molar-refractivity contribution in [1.82, 2.24) is 14.8 Å². The first kappa shape index (κ1) is 16.2. The Morgan fingerprint density at radius 2 is 1.92 bits per heavy atom. The maximum atomic E-state index is 12.4. The summed E-state index contributed by atoms with van der Waals surface area (Å²) in [4.78, 5) is 16.6. The summed E-state index contributed by atoms with van der Waals surface area (Å²) in [7, 11) is 0. The zero-order valence-electron chi connectivity index (χ0n) is 13.2. The molecule has 1 amide bonds. The Labute approximate surface area is 145 Å². The minimum Gasteiger partial charge on any atom is -0.324 e. The second kappa shape index (κ2) is 7.27. The van der Waals surface area contributed by atoms with Gasteiger partial charge in [0.2, 0.25) is 5.91 Å². The van der Waals surface area contributed by atoms with E-state index in [4.69, 9.17) is 11.6 Å². The highest BCUT2D eigenvalue weighted by Gasteiger charge is 2.14. The monoisotopic (exact) mass is 340 g/mol. The van der Waals surface area contributed by atoms with Gasteiger partial charge < -0.3 is 5.32 Å². The number of benzene rings is 2. The summed E-state index contributed by atoms with van der Waals surface area (Å²) >= 11 is 6.21. The van der Waals surface area contributed by atoms with Crippen LogP contribution in [-0.2, 0) is 17.8 Å². The van der Waals surface area contributed by atoms with Crippen molar-refractivity contribution in [2.24, 2.45) is 0 Å². The summed E-state index contributed by atoms with van der Waals surface area (Å²) in [5.74, 6) is 0.411. The second-order valence-electron chi connectivity index (χ2n) is 5.28. The molecule has 0 radical (unpaired) electrons. The van der Waals surface area contributed by atoms with Crippen molar-refractivity contribution in [1.29, 1.82) is 0 Å². The third kappa shape index (κ3) is 3.46. The van der Waals surface area contributed by atoms with E-state index in [2.05, 4.69) is 22.3 Å². The molecule has 6 heteroatoms. The van der Waals surface area contributed by atoms with Crippen LogP contribution in [0.5, 0.6) is 0 Å². The number of para-hydroxylation sites is 1. The first-order chi connectivity index (χ1) is 11.7. The highest BCUT2D eigenvalue weighted by Crippen LogP contribution is 2.25. The van der Waals surface area contributed by atoms with E-state index in [-0.39, 0.29) is 12.5 Å². The molecule has 0 aliphatic rings. The van der Waals surface area contributed by atoms with Crippen LogP contribution in [0.25, 0.3) is 11.4 Å². The molecule has 0 fully saturated rings. The zero-order chi connectivity index (χ0) is 16.9. The van der Waals surface area contributed by atoms with Crippen molar-refractivity contribution < 1.29 is 4.79 Å². The third-order valence-electron chi connectivity index (χ3n) is 3.70. The number of carbonyl (C=O) groups is 1. The lowest BCUT2D eigenvalue weighted by Gasteiger charge is -2.11. The molecular weight excluding hydrogens is 324 g/mol. The van der Waals surface area contributed by atoms with Gasteiger partial charge in [-0.15, -0.1) is 0 Å². The summed E-state index contributed by atoms with van der Waals surface area (Å²) in [6.45, 7) is 2.12. The Kier molecular flexibility index (Phi) is 4.91. The van der Waals surface area contributed by atoms with E-state index < -0.39 is 0 Å². The van der Waals surface area contributed by atoms with Crippen molar-refractivity contribution in [3.63, 3.8) is 0 Å². The van der Waals surface area contributed by atoms with Crippen LogP contribution in [0, 0.1) is 0 Å². The van der Waals surface area contributed by atoms with E-state index in [9.17, 15) is 4.79 Å². The third-order valence-corrected chi connectivity index (χ3v) is 4.03. The fourth-order valence-corrected chi connectivity index (χ4v) is 2.73. The normalized spacial score (nSPS) is 10.6. The number of nitrogens with zero attached hydrogens (tertiary/aromatic N) is 3. The quantitative estimate of drug-likeness (QED) is 0.768. The molecule has 0 spiro atoms. The fraction of sp³-hybridized carbons (Fsp3) is 0.167. The predicted octanol–water partition coefficient (Wildman–Crippen LogP) is 3.80. The van der Waals surface area contributed by atoms with Crippen LogP contribution >= 0.6 is 11.6 Å². The van der Waals surface area contributed by atoms with Crippen molar-refractivity contribution in [3.8, 4) is 11.4 Å². The average Bonchev–Trinajstić information content (AvgIpc) is 3.03. The number of hydrogen-bond donors (Lipinski definition) is 1. The molecule has 0 saturated heterocycles. The number of carbonyl (C=O) groups excluding carboxylic acids is 1. The van der Waals surface area contributed by atoms with Crippen LogP contribution in [0.4, 0.5) is 5.69 Å². The van der Waals surface area contributed by atoms with Gasteiger partial charge in [0.05, 0.1) is 5.02 Å². The minimum atomic E-state index is -0.158. The number of hydrogen-bond acceptors (Lipinski definition) is 3. The highest BCUT2D eigenvalue weighted by molar-refractivity contribution is 6.33. The summed E-state index contributed by atoms with van der Waals surface area (Å²) in [6.07, 6.45) is 2.27. The largest absolute Gasteiger partial charge is 0.324 e. The van der Waals surface area contributed by atoms with Gasteiger partial charge >= 0.3 is 0 Å². The number of aromatic nitrogens is 3. The zero-order valence-corrected chi connectivity index (χ0v) is 14.0. The maximum absolute atomic E-state index is 12.4. The molecule has 0 unspecified atom stereocenters. The number of amides is 1. The Bertz CT molecular complexity index is 859. The lowest BCUT2D eigenvalue weighted by molar-refractivity contribution is -0.116. The molecule has 1 aromatic heterocycles. The van der Waals surface area contributed by atoms with Crippen LogP contribution in [-0.4, -0.2) is 20.7 Å². The van der Waals surface area contributed by atoms with Crippen LogP contribution in [0.15, 0.2) is 54.9 Å². The molecule has 0 saturated carbocycles. The lowest BCUT2D eigenvalue weighted by atomic mass is 10.1. The van der Waals surface area contributed by atoms with Crippen LogP contribution in [0.1, 0.15) is 12.5 Å². The van der Waals surface area contributed by atoms with Gasteiger partial charge in [-0.1, -0.05) is 48.9 Å². The molecule has 0 aliphatic heterocycles. The molecule has 3 aromatic rings.